The SMILES string of the molecule is COc1nc(N[C@H]2CCN(C(=O)CN3CCCC3)C[C@H]2F)nn2ccc(-c3ccc4nnn(CC(F)(F)F)c4c3)c12. The van der Waals surface area contributed by atoms with Crippen LogP contribution in [-0.2, 0) is 11.3 Å². The van der Waals surface area contributed by atoms with Gasteiger partial charge in [0.25, 0.3) is 0 Å². The Balaban J connectivity index is 1.21. The maximum absolute atomic E-state index is 15.2. The molecule has 0 aliphatic carbocycles. The first-order chi connectivity index (χ1) is 19.7. The highest BCUT2D eigenvalue weighted by molar-refractivity contribution is 5.89. The Kier molecular flexibility index (Phi) is 7.13. The predicted molar refractivity (Wildman–Crippen MR) is 141 cm³/mol. The van der Waals surface area contributed by atoms with Crippen LogP contribution in [-0.4, -0.2) is 104 Å². The van der Waals surface area contributed by atoms with Gasteiger partial charge in [-0.15, -0.1) is 10.2 Å². The fourth-order valence-corrected chi connectivity index (χ4v) is 5.54. The van der Waals surface area contributed by atoms with Gasteiger partial charge in [-0.3, -0.25) is 9.69 Å². The van der Waals surface area contributed by atoms with Gasteiger partial charge in [-0.25, -0.2) is 13.6 Å². The van der Waals surface area contributed by atoms with E-state index in [0.29, 0.717) is 41.7 Å². The molecule has 0 spiro atoms. The fraction of sp³-hybridized carbons (Fsp3) is 0.500. The summed E-state index contributed by atoms with van der Waals surface area (Å²) in [6, 6.07) is 6.06. The molecule has 5 heterocycles. The van der Waals surface area contributed by atoms with Gasteiger partial charge in [0, 0.05) is 18.3 Å². The average molecular weight is 576 g/mol. The molecule has 41 heavy (non-hydrogen) atoms. The minimum Gasteiger partial charge on any atom is -0.479 e. The van der Waals surface area contributed by atoms with Gasteiger partial charge in [-0.05, 0) is 56.1 Å². The molecule has 2 fully saturated rings. The number of alkyl halides is 4. The second-order valence-corrected chi connectivity index (χ2v) is 10.4. The molecule has 6 rings (SSSR count). The number of halogens is 4. The molecule has 2 saturated heterocycles. The van der Waals surface area contributed by atoms with Crippen molar-refractivity contribution in [1.82, 2.24) is 39.4 Å². The van der Waals surface area contributed by atoms with Gasteiger partial charge < -0.3 is 15.0 Å². The lowest BCUT2D eigenvalue weighted by Crippen LogP contribution is -2.52. The number of likely N-dealkylation sites (tertiary alicyclic amines) is 2. The normalized spacial score (nSPS) is 20.3. The third kappa shape index (κ3) is 5.62. The molecular weight excluding hydrogens is 546 g/mol. The summed E-state index contributed by atoms with van der Waals surface area (Å²) >= 11 is 0. The molecule has 1 N–H and O–H groups in total. The highest BCUT2D eigenvalue weighted by atomic mass is 19.4. The van der Waals surface area contributed by atoms with Crippen LogP contribution in [0.25, 0.3) is 27.7 Å². The van der Waals surface area contributed by atoms with Gasteiger partial charge in [-0.1, -0.05) is 11.3 Å². The van der Waals surface area contributed by atoms with Crippen molar-refractivity contribution >= 4 is 28.4 Å². The molecule has 3 aromatic heterocycles. The van der Waals surface area contributed by atoms with E-state index in [2.05, 4.69) is 30.6 Å². The summed E-state index contributed by atoms with van der Waals surface area (Å²) in [6.07, 6.45) is -1.52. The Morgan fingerprint density at radius 3 is 2.71 bits per heavy atom. The Morgan fingerprint density at radius 1 is 1.17 bits per heavy atom. The molecule has 2 atom stereocenters. The number of carbonyl (C=O) groups is 1. The number of hydrogen-bond donors (Lipinski definition) is 1. The third-order valence-electron chi connectivity index (χ3n) is 7.59. The standard InChI is InChI=1S/C26H29F4N9O2/c1-41-24-23-17(16-4-5-20-21(12-16)39(35-33-20)15-26(28,29)30)6-11-38(23)34-25(32-24)31-19-7-10-37(13-18(19)27)22(40)14-36-8-2-3-9-36/h4-6,11-12,18-19H,2-3,7-10,13-15H2,1H3,(H,31,34)/t18-,19+/m1/s1. The number of nitrogens with zero attached hydrogens (tertiary/aromatic N) is 8. The molecule has 0 bridgehead atoms. The highest BCUT2D eigenvalue weighted by Gasteiger charge is 2.33. The fourth-order valence-electron chi connectivity index (χ4n) is 5.54. The van der Waals surface area contributed by atoms with Crippen molar-refractivity contribution in [3.8, 4) is 17.0 Å². The van der Waals surface area contributed by atoms with Crippen LogP contribution < -0.4 is 10.1 Å². The first kappa shape index (κ1) is 27.2. The zero-order valence-electron chi connectivity index (χ0n) is 22.3. The van der Waals surface area contributed by atoms with Crippen molar-refractivity contribution in [3.05, 3.63) is 30.5 Å². The number of aromatic nitrogens is 6. The Hall–Kier alpha value is -4.01. The topological polar surface area (TPSA) is 106 Å². The van der Waals surface area contributed by atoms with Gasteiger partial charge in [0.15, 0.2) is 0 Å². The van der Waals surface area contributed by atoms with E-state index in [1.54, 1.807) is 35.4 Å². The predicted octanol–water partition coefficient (Wildman–Crippen LogP) is 3.16. The molecule has 1 aromatic carbocycles. The minimum atomic E-state index is -4.45. The second kappa shape index (κ2) is 10.8. The van der Waals surface area contributed by atoms with Gasteiger partial charge in [0.1, 0.15) is 23.7 Å². The van der Waals surface area contributed by atoms with Crippen molar-refractivity contribution in [1.29, 1.82) is 0 Å². The largest absolute Gasteiger partial charge is 0.479 e. The molecule has 2 aliphatic heterocycles. The monoisotopic (exact) mass is 575 g/mol. The molecule has 11 nitrogen and oxygen atoms in total. The number of hydrogen-bond acceptors (Lipinski definition) is 8. The summed E-state index contributed by atoms with van der Waals surface area (Å²) in [4.78, 5) is 20.8. The van der Waals surface area contributed by atoms with Crippen LogP contribution in [0, 0.1) is 0 Å². The van der Waals surface area contributed by atoms with Crippen molar-refractivity contribution in [2.75, 3.05) is 45.2 Å². The molecule has 2 aliphatic rings. The van der Waals surface area contributed by atoms with E-state index in [1.807, 2.05) is 0 Å². The number of anilines is 1. The first-order valence-electron chi connectivity index (χ1n) is 13.4. The number of carbonyl (C=O) groups excluding carboxylic acids is 1. The smallest absolute Gasteiger partial charge is 0.408 e. The number of amides is 1. The molecular formula is C26H29F4N9O2. The van der Waals surface area contributed by atoms with Gasteiger partial charge in [-0.2, -0.15) is 18.2 Å². The Labute approximate surface area is 232 Å². The van der Waals surface area contributed by atoms with Crippen LogP contribution in [0.3, 0.4) is 0 Å². The number of methoxy groups -OCH3 is 1. The van der Waals surface area contributed by atoms with E-state index in [9.17, 15) is 18.0 Å². The molecule has 218 valence electrons. The average Bonchev–Trinajstić information content (AvgIpc) is 3.69. The molecule has 0 radical (unpaired) electrons. The van der Waals surface area contributed by atoms with Crippen LogP contribution in [0.5, 0.6) is 5.88 Å². The first-order valence-corrected chi connectivity index (χ1v) is 13.4. The van der Waals surface area contributed by atoms with E-state index in [4.69, 9.17) is 4.74 Å². The molecule has 0 unspecified atom stereocenters. The van der Waals surface area contributed by atoms with Crippen LogP contribution in [0.2, 0.25) is 0 Å². The molecule has 4 aromatic rings. The maximum atomic E-state index is 15.2. The zero-order valence-corrected chi connectivity index (χ0v) is 22.3. The van der Waals surface area contributed by atoms with Crippen LogP contribution in [0.1, 0.15) is 19.3 Å². The number of ether oxygens (including phenoxy) is 1. The van der Waals surface area contributed by atoms with Gasteiger partial charge in [0.2, 0.25) is 17.7 Å². The third-order valence-corrected chi connectivity index (χ3v) is 7.59. The summed E-state index contributed by atoms with van der Waals surface area (Å²) in [5.41, 5.74) is 2.29. The molecule has 1 amide bonds. The van der Waals surface area contributed by atoms with Gasteiger partial charge >= 0.3 is 6.18 Å². The van der Waals surface area contributed by atoms with E-state index in [0.717, 1.165) is 30.6 Å². The summed E-state index contributed by atoms with van der Waals surface area (Å²) < 4.78 is 62.1. The van der Waals surface area contributed by atoms with Crippen molar-refractivity contribution in [2.45, 2.75) is 44.2 Å². The maximum Gasteiger partial charge on any atom is 0.408 e. The van der Waals surface area contributed by atoms with Crippen LogP contribution in [0.4, 0.5) is 23.5 Å². The summed E-state index contributed by atoms with van der Waals surface area (Å²) in [6.45, 7) is 1.30. The van der Waals surface area contributed by atoms with Gasteiger partial charge in [0.05, 0.1) is 31.8 Å². The van der Waals surface area contributed by atoms with E-state index in [-0.39, 0.29) is 29.8 Å². The minimum absolute atomic E-state index is 0.000353. The van der Waals surface area contributed by atoms with Crippen LogP contribution >= 0.6 is 0 Å². The highest BCUT2D eigenvalue weighted by Crippen LogP contribution is 2.33. The van der Waals surface area contributed by atoms with E-state index < -0.39 is 24.9 Å². The molecule has 15 heteroatoms. The Morgan fingerprint density at radius 2 is 1.98 bits per heavy atom. The van der Waals surface area contributed by atoms with Crippen LogP contribution in [0.15, 0.2) is 30.5 Å². The van der Waals surface area contributed by atoms with E-state index >= 15 is 4.39 Å². The van der Waals surface area contributed by atoms with E-state index in [1.165, 1.54) is 11.6 Å². The summed E-state index contributed by atoms with van der Waals surface area (Å²) in [5, 5.41) is 15.0. The number of piperidine rings is 1. The Bertz CT molecular complexity index is 1560. The number of fused-ring (bicyclic) bond motifs is 2. The summed E-state index contributed by atoms with van der Waals surface area (Å²) in [5.74, 6) is 0.310. The van der Waals surface area contributed by atoms with Crippen molar-refractivity contribution in [3.63, 3.8) is 0 Å². The lowest BCUT2D eigenvalue weighted by Gasteiger charge is -2.35. The lowest BCUT2D eigenvalue weighted by molar-refractivity contribution is -0.142. The lowest BCUT2D eigenvalue weighted by atomic mass is 10.0. The quantitative estimate of drug-likeness (QED) is 0.335. The summed E-state index contributed by atoms with van der Waals surface area (Å²) in [7, 11) is 1.44. The number of nitrogens with one attached hydrogen (secondary N) is 1. The van der Waals surface area contributed by atoms with Crippen molar-refractivity contribution in [2.24, 2.45) is 0 Å². The number of benzene rings is 1. The number of rotatable bonds is 7. The molecule has 0 saturated carbocycles. The zero-order chi connectivity index (χ0) is 28.7. The second-order valence-electron chi connectivity index (χ2n) is 10.4. The van der Waals surface area contributed by atoms with Crippen molar-refractivity contribution < 1.29 is 27.1 Å².